The number of methoxy groups -OCH3 is 1. The van der Waals surface area contributed by atoms with Crippen LogP contribution in [0.5, 0.6) is 0 Å². The second kappa shape index (κ2) is 7.66. The van der Waals surface area contributed by atoms with Gasteiger partial charge < -0.3 is 9.47 Å². The van der Waals surface area contributed by atoms with Crippen LogP contribution in [0.3, 0.4) is 0 Å². The molecular weight excluding hydrogens is 116 g/mol. The first kappa shape index (κ1) is 8.66. The molecule has 54 valence electrons. The molecular formula is C7H14O2. The summed E-state index contributed by atoms with van der Waals surface area (Å²) >= 11 is 0. The van der Waals surface area contributed by atoms with Gasteiger partial charge in [0.25, 0.3) is 0 Å². The van der Waals surface area contributed by atoms with Gasteiger partial charge in [-0.15, -0.1) is 6.58 Å². The van der Waals surface area contributed by atoms with Gasteiger partial charge in [0.2, 0.25) is 0 Å². The molecule has 0 aromatic carbocycles. The van der Waals surface area contributed by atoms with E-state index >= 15 is 0 Å². The summed E-state index contributed by atoms with van der Waals surface area (Å²) in [7, 11) is 1.62. The second-order valence-electron chi connectivity index (χ2n) is 1.75. The third-order valence-corrected chi connectivity index (χ3v) is 0.898. The lowest BCUT2D eigenvalue weighted by Gasteiger charge is -1.98. The van der Waals surface area contributed by atoms with Crippen LogP contribution in [-0.2, 0) is 9.47 Å². The van der Waals surface area contributed by atoms with E-state index in [2.05, 4.69) is 11.3 Å². The van der Waals surface area contributed by atoms with Crippen LogP contribution < -0.4 is 0 Å². The van der Waals surface area contributed by atoms with Gasteiger partial charge in [-0.05, 0) is 12.8 Å². The number of unbranched alkanes of at least 4 members (excludes halogenated alkanes) is 1. The topological polar surface area (TPSA) is 18.5 Å². The lowest BCUT2D eigenvalue weighted by molar-refractivity contribution is -0.0308. The van der Waals surface area contributed by atoms with Gasteiger partial charge in [0.1, 0.15) is 6.79 Å². The Morgan fingerprint density at radius 3 is 2.89 bits per heavy atom. The molecule has 0 amide bonds. The summed E-state index contributed by atoms with van der Waals surface area (Å²) in [6, 6.07) is 0. The number of hydrogen-bond acceptors (Lipinski definition) is 2. The van der Waals surface area contributed by atoms with E-state index in [0.717, 1.165) is 19.4 Å². The molecule has 0 bridgehead atoms. The van der Waals surface area contributed by atoms with Crippen LogP contribution in [0.15, 0.2) is 12.7 Å². The first-order valence-corrected chi connectivity index (χ1v) is 3.09. The highest BCUT2D eigenvalue weighted by Crippen LogP contribution is 1.89. The zero-order chi connectivity index (χ0) is 6.95. The van der Waals surface area contributed by atoms with E-state index in [1.54, 1.807) is 7.11 Å². The Labute approximate surface area is 56.5 Å². The van der Waals surface area contributed by atoms with Crippen molar-refractivity contribution < 1.29 is 9.47 Å². The van der Waals surface area contributed by atoms with Crippen LogP contribution in [0.4, 0.5) is 0 Å². The molecule has 0 N–H and O–H groups in total. The normalized spacial score (nSPS) is 9.44. The molecule has 0 saturated heterocycles. The first-order valence-electron chi connectivity index (χ1n) is 3.09. The minimum atomic E-state index is 0.400. The van der Waals surface area contributed by atoms with Gasteiger partial charge >= 0.3 is 0 Å². The zero-order valence-corrected chi connectivity index (χ0v) is 5.93. The van der Waals surface area contributed by atoms with Crippen molar-refractivity contribution in [2.75, 3.05) is 20.5 Å². The molecule has 0 fully saturated rings. The Hall–Kier alpha value is -0.340. The third-order valence-electron chi connectivity index (χ3n) is 0.898. The van der Waals surface area contributed by atoms with Crippen molar-refractivity contribution in [3.63, 3.8) is 0 Å². The molecule has 9 heavy (non-hydrogen) atoms. The summed E-state index contributed by atoms with van der Waals surface area (Å²) in [4.78, 5) is 0. The molecule has 0 unspecified atom stereocenters. The van der Waals surface area contributed by atoms with Crippen molar-refractivity contribution in [3.05, 3.63) is 12.7 Å². The van der Waals surface area contributed by atoms with Crippen LogP contribution in [-0.4, -0.2) is 20.5 Å². The standard InChI is InChI=1S/C7H14O2/c1-3-4-5-6-9-7-8-2/h3H,1,4-7H2,2H3. The van der Waals surface area contributed by atoms with Gasteiger partial charge in [-0.2, -0.15) is 0 Å². The van der Waals surface area contributed by atoms with Crippen molar-refractivity contribution in [3.8, 4) is 0 Å². The minimum Gasteiger partial charge on any atom is -0.359 e. The predicted molar refractivity (Wildman–Crippen MR) is 37.3 cm³/mol. The van der Waals surface area contributed by atoms with E-state index in [-0.39, 0.29) is 0 Å². The van der Waals surface area contributed by atoms with Crippen molar-refractivity contribution in [2.45, 2.75) is 12.8 Å². The second-order valence-corrected chi connectivity index (χ2v) is 1.75. The zero-order valence-electron chi connectivity index (χ0n) is 5.93. The smallest absolute Gasteiger partial charge is 0.146 e. The maximum absolute atomic E-state index is 5.01. The molecule has 0 aliphatic carbocycles. The molecule has 0 heterocycles. The van der Waals surface area contributed by atoms with Crippen LogP contribution in [0.2, 0.25) is 0 Å². The maximum Gasteiger partial charge on any atom is 0.146 e. The molecule has 0 aromatic rings. The molecule has 0 spiro atoms. The molecule has 0 aromatic heterocycles. The van der Waals surface area contributed by atoms with Crippen LogP contribution in [0, 0.1) is 0 Å². The van der Waals surface area contributed by atoms with Crippen molar-refractivity contribution >= 4 is 0 Å². The number of allylic oxidation sites excluding steroid dienone is 1. The lowest BCUT2D eigenvalue weighted by atomic mass is 10.3. The molecule has 2 heteroatoms. The third kappa shape index (κ3) is 7.66. The van der Waals surface area contributed by atoms with E-state index in [1.165, 1.54) is 0 Å². The Bertz CT molecular complexity index is 61.9. The van der Waals surface area contributed by atoms with E-state index in [4.69, 9.17) is 4.74 Å². The summed E-state index contributed by atoms with van der Waals surface area (Å²) in [6.07, 6.45) is 3.94. The SMILES string of the molecule is C=CCCCOCOC. The quantitative estimate of drug-likeness (QED) is 0.309. The number of rotatable bonds is 6. The van der Waals surface area contributed by atoms with Crippen molar-refractivity contribution in [1.29, 1.82) is 0 Å². The van der Waals surface area contributed by atoms with Crippen molar-refractivity contribution in [1.82, 2.24) is 0 Å². The molecule has 0 rings (SSSR count). The maximum atomic E-state index is 5.01. The summed E-state index contributed by atoms with van der Waals surface area (Å²) in [5.41, 5.74) is 0. The van der Waals surface area contributed by atoms with Gasteiger partial charge in [-0.1, -0.05) is 6.08 Å². The average Bonchev–Trinajstić information content (AvgIpc) is 1.89. The first-order chi connectivity index (χ1) is 4.41. The Balaban J connectivity index is 2.66. The van der Waals surface area contributed by atoms with Gasteiger partial charge in [0.05, 0.1) is 0 Å². The molecule has 2 nitrogen and oxygen atoms in total. The van der Waals surface area contributed by atoms with Crippen LogP contribution in [0.1, 0.15) is 12.8 Å². The fraction of sp³-hybridized carbons (Fsp3) is 0.714. The van der Waals surface area contributed by atoms with E-state index in [1.807, 2.05) is 6.08 Å². The van der Waals surface area contributed by atoms with Crippen LogP contribution in [0.25, 0.3) is 0 Å². The highest BCUT2D eigenvalue weighted by molar-refractivity contribution is 4.64. The van der Waals surface area contributed by atoms with Gasteiger partial charge in [-0.3, -0.25) is 0 Å². The summed E-state index contributed by atoms with van der Waals surface area (Å²) < 4.78 is 9.69. The number of ether oxygens (including phenoxy) is 2. The van der Waals surface area contributed by atoms with Gasteiger partial charge in [0.15, 0.2) is 0 Å². The summed E-state index contributed by atoms with van der Waals surface area (Å²) in [6.45, 7) is 4.76. The molecule has 0 aliphatic heterocycles. The molecule has 0 aliphatic rings. The van der Waals surface area contributed by atoms with Gasteiger partial charge in [0, 0.05) is 13.7 Å². The van der Waals surface area contributed by atoms with Gasteiger partial charge in [-0.25, -0.2) is 0 Å². The molecule has 0 atom stereocenters. The Morgan fingerprint density at radius 1 is 1.56 bits per heavy atom. The van der Waals surface area contributed by atoms with Crippen molar-refractivity contribution in [2.24, 2.45) is 0 Å². The average molecular weight is 130 g/mol. The lowest BCUT2D eigenvalue weighted by Crippen LogP contribution is -1.97. The molecule has 0 saturated carbocycles. The monoisotopic (exact) mass is 130 g/mol. The summed E-state index contributed by atoms with van der Waals surface area (Å²) in [5, 5.41) is 0. The number of hydrogen-bond donors (Lipinski definition) is 0. The largest absolute Gasteiger partial charge is 0.359 e. The minimum absolute atomic E-state index is 0.400. The van der Waals surface area contributed by atoms with E-state index in [9.17, 15) is 0 Å². The highest BCUT2D eigenvalue weighted by atomic mass is 16.7. The fourth-order valence-corrected chi connectivity index (χ4v) is 0.472. The Kier molecular flexibility index (Phi) is 7.37. The summed E-state index contributed by atoms with van der Waals surface area (Å²) in [5.74, 6) is 0. The predicted octanol–water partition coefficient (Wildman–Crippen LogP) is 1.57. The molecule has 0 radical (unpaired) electrons. The van der Waals surface area contributed by atoms with Crippen LogP contribution >= 0.6 is 0 Å². The van der Waals surface area contributed by atoms with E-state index in [0.29, 0.717) is 6.79 Å². The fourth-order valence-electron chi connectivity index (χ4n) is 0.472. The van der Waals surface area contributed by atoms with E-state index < -0.39 is 0 Å². The Morgan fingerprint density at radius 2 is 2.33 bits per heavy atom. The highest BCUT2D eigenvalue weighted by Gasteiger charge is 1.82.